The van der Waals surface area contributed by atoms with Gasteiger partial charge >= 0.3 is 0 Å². The summed E-state index contributed by atoms with van der Waals surface area (Å²) in [5.74, 6) is 5.64. The van der Waals surface area contributed by atoms with Crippen molar-refractivity contribution in [2.24, 2.45) is 0 Å². The molecule has 0 bridgehead atoms. The average molecular weight is 1730 g/mol. The van der Waals surface area contributed by atoms with Gasteiger partial charge in [0.15, 0.2) is 0 Å². The number of hydrogen-bond donors (Lipinski definition) is 4. The summed E-state index contributed by atoms with van der Waals surface area (Å²) in [7, 11) is -2.47. The molecule has 0 aliphatic rings. The van der Waals surface area contributed by atoms with Crippen LogP contribution in [0.15, 0.2) is 245 Å². The Morgan fingerprint density at radius 1 is 0.242 bits per heavy atom. The lowest BCUT2D eigenvalue weighted by Crippen LogP contribution is -2.43. The second kappa shape index (κ2) is 51.4. The molecule has 0 amide bonds. The van der Waals surface area contributed by atoms with E-state index < -0.39 is 85.5 Å². The summed E-state index contributed by atoms with van der Waals surface area (Å²) in [5.41, 5.74) is 6.67. The Labute approximate surface area is 713 Å². The molecule has 120 heavy (non-hydrogen) atoms. The Morgan fingerprint density at radius 2 is 0.350 bits per heavy atom. The van der Waals surface area contributed by atoms with Crippen LogP contribution >= 0.6 is 0 Å². The molecule has 0 aromatic heterocycles. The molecule has 8 atom stereocenters. The molecular formula is C92H124N4O20S4. The lowest BCUT2D eigenvalue weighted by Gasteiger charge is -2.29. The van der Waals surface area contributed by atoms with Gasteiger partial charge in [0.2, 0.25) is 40.1 Å². The van der Waals surface area contributed by atoms with E-state index in [0.717, 1.165) is 44.5 Å². The van der Waals surface area contributed by atoms with Crippen LogP contribution < -0.4 is 37.9 Å². The van der Waals surface area contributed by atoms with Gasteiger partial charge in [0.1, 0.15) is 67.0 Å². The number of aliphatic hydroxyl groups excluding tert-OH is 4. The van der Waals surface area contributed by atoms with Crippen molar-refractivity contribution in [2.75, 3.05) is 56.9 Å². The zero-order valence-corrected chi connectivity index (χ0v) is 74.6. The summed E-state index contributed by atoms with van der Waals surface area (Å²) < 4.78 is 155. The third-order valence-corrected chi connectivity index (χ3v) is 29.6. The molecule has 0 spiro atoms. The van der Waals surface area contributed by atoms with Crippen LogP contribution in [0.1, 0.15) is 124 Å². The smallest absolute Gasteiger partial charge is 0.220 e. The van der Waals surface area contributed by atoms with Crippen LogP contribution in [-0.2, 0) is 92.5 Å². The van der Waals surface area contributed by atoms with Crippen molar-refractivity contribution < 1.29 is 92.0 Å². The minimum Gasteiger partial charge on any atom is -0.497 e. The molecule has 0 fully saturated rings. The van der Waals surface area contributed by atoms with Gasteiger partial charge in [-0.1, -0.05) is 149 Å². The third kappa shape index (κ3) is 30.6. The minimum absolute atomic E-state index is 0.190. The summed E-state index contributed by atoms with van der Waals surface area (Å²) in [5, 5.41) is 38.2. The maximum Gasteiger partial charge on any atom is 0.220 e. The Kier molecular flexibility index (Phi) is 43.3. The molecule has 4 N–H and O–H groups in total. The first-order valence-corrected chi connectivity index (χ1v) is 45.6. The summed E-state index contributed by atoms with van der Waals surface area (Å²) in [6.07, 6.45) is 4.23. The maximum atomic E-state index is 13.5. The summed E-state index contributed by atoms with van der Waals surface area (Å²) in [6.45, 7) is 23.1. The SMILES string of the molecule is C=CC[C@@H](O)[C@@H](CC)S(=O)(=O)N(Cc1ccc(OC)cc1)Cc1ccc(OC)cc1.C=CC[C@@H](O)[C@H](CC)S(=O)(=O)N(Cc1ccc(OC)cc1)Cc1ccc(OC)cc1.C=CC[C@H](O)[C@@H](CC)S(=O)(=O)N(Cc1ccc(OC)cc1)Cc1ccc(OC)cc1.C=CC[C@H](O)[C@H](CC)S(=O)(=O)N(Cc1ccc(OC)cc1)Cc1ccc(OC)cc1. The third-order valence-electron chi connectivity index (χ3n) is 20.1. The van der Waals surface area contributed by atoms with Crippen molar-refractivity contribution in [3.8, 4) is 46.0 Å². The van der Waals surface area contributed by atoms with Crippen molar-refractivity contribution >= 4 is 40.1 Å². The monoisotopic (exact) mass is 1730 g/mol. The Hall–Kier alpha value is -9.40. The molecule has 8 rings (SSSR count). The number of ether oxygens (including phenoxy) is 8. The van der Waals surface area contributed by atoms with E-state index >= 15 is 0 Å². The van der Waals surface area contributed by atoms with Crippen LogP contribution in [0.4, 0.5) is 0 Å². The van der Waals surface area contributed by atoms with Crippen molar-refractivity contribution in [1.82, 2.24) is 17.2 Å². The second-order valence-electron chi connectivity index (χ2n) is 28.2. The fraction of sp³-hybridized carbons (Fsp3) is 0.391. The highest BCUT2D eigenvalue weighted by Crippen LogP contribution is 2.31. The zero-order valence-electron chi connectivity index (χ0n) is 71.3. The fourth-order valence-corrected chi connectivity index (χ4v) is 21.1. The van der Waals surface area contributed by atoms with E-state index in [0.29, 0.717) is 71.7 Å². The van der Waals surface area contributed by atoms with Crippen LogP contribution in [0.5, 0.6) is 46.0 Å². The highest BCUT2D eigenvalue weighted by atomic mass is 32.2. The Bertz CT molecular complexity index is 3990. The number of hydrogen-bond acceptors (Lipinski definition) is 20. The Balaban J connectivity index is 0.000000285. The molecule has 0 heterocycles. The van der Waals surface area contributed by atoms with Crippen LogP contribution in [0.3, 0.4) is 0 Å². The van der Waals surface area contributed by atoms with E-state index in [-0.39, 0.29) is 78.0 Å². The Morgan fingerprint density at radius 3 is 0.433 bits per heavy atom. The standard InChI is InChI=1S/4C23H31NO5S/c4*1-5-7-22(25)23(6-2)30(26,27)24(16-18-8-12-20(28-3)13-9-18)17-19-10-14-21(29-4)15-11-19/h4*5,8-15,22-23,25H,1,6-7,16-17H2,2-4H3/t2*22-,23+;2*22-,23-/m1010/s1. The molecule has 656 valence electrons. The summed E-state index contributed by atoms with van der Waals surface area (Å²) in [6, 6.07) is 58.3. The summed E-state index contributed by atoms with van der Waals surface area (Å²) >= 11 is 0. The zero-order chi connectivity index (χ0) is 88.6. The van der Waals surface area contributed by atoms with Crippen LogP contribution in [-0.4, -0.2) is 174 Å². The van der Waals surface area contributed by atoms with E-state index in [1.807, 2.05) is 97.1 Å². The molecule has 0 unspecified atom stereocenters. The predicted molar refractivity (Wildman–Crippen MR) is 476 cm³/mol. The van der Waals surface area contributed by atoms with Crippen molar-refractivity contribution in [2.45, 2.75) is 177 Å². The topological polar surface area (TPSA) is 304 Å². The van der Waals surface area contributed by atoms with Gasteiger partial charge in [-0.2, -0.15) is 17.2 Å². The number of methoxy groups -OCH3 is 8. The van der Waals surface area contributed by atoms with Crippen LogP contribution in [0, 0.1) is 0 Å². The first-order valence-electron chi connectivity index (χ1n) is 39.6. The van der Waals surface area contributed by atoms with Gasteiger partial charge in [-0.15, -0.1) is 26.3 Å². The highest BCUT2D eigenvalue weighted by molar-refractivity contribution is 7.90. The molecule has 0 saturated heterocycles. The molecule has 0 aliphatic heterocycles. The normalized spacial score (nSPS) is 13.6. The molecule has 24 nitrogen and oxygen atoms in total. The van der Waals surface area contributed by atoms with Gasteiger partial charge in [-0.05, 0) is 193 Å². The molecule has 0 saturated carbocycles. The molecular weight excluding hydrogens is 1610 g/mol. The first-order chi connectivity index (χ1) is 57.4. The van der Waals surface area contributed by atoms with Crippen molar-refractivity contribution in [1.29, 1.82) is 0 Å². The lowest BCUT2D eigenvalue weighted by atomic mass is 10.1. The number of sulfonamides is 4. The van der Waals surface area contributed by atoms with E-state index in [2.05, 4.69) is 26.3 Å². The van der Waals surface area contributed by atoms with Gasteiger partial charge < -0.3 is 58.3 Å². The largest absolute Gasteiger partial charge is 0.497 e. The van der Waals surface area contributed by atoms with Crippen LogP contribution in [0.25, 0.3) is 0 Å². The number of nitrogens with zero attached hydrogens (tertiary/aromatic N) is 4. The maximum absolute atomic E-state index is 13.5. The second-order valence-corrected chi connectivity index (χ2v) is 36.8. The van der Waals surface area contributed by atoms with Gasteiger partial charge in [-0.3, -0.25) is 0 Å². The molecule has 8 aromatic rings. The molecule has 0 radical (unpaired) electrons. The minimum atomic E-state index is -3.79. The van der Waals surface area contributed by atoms with Gasteiger partial charge in [0.05, 0.1) is 81.3 Å². The van der Waals surface area contributed by atoms with E-state index in [4.69, 9.17) is 37.9 Å². The molecule has 28 heteroatoms. The summed E-state index contributed by atoms with van der Waals surface area (Å²) in [4.78, 5) is 0. The van der Waals surface area contributed by atoms with Gasteiger partial charge in [0, 0.05) is 52.4 Å². The predicted octanol–water partition coefficient (Wildman–Crippen LogP) is 15.0. The van der Waals surface area contributed by atoms with Gasteiger partial charge in [0.25, 0.3) is 0 Å². The van der Waals surface area contributed by atoms with Gasteiger partial charge in [-0.25, -0.2) is 33.7 Å². The average Bonchev–Trinajstić information content (AvgIpc) is 0.815. The van der Waals surface area contributed by atoms with Crippen molar-refractivity contribution in [3.63, 3.8) is 0 Å². The van der Waals surface area contributed by atoms with E-state index in [1.54, 1.807) is 206 Å². The number of rotatable bonds is 48. The molecule has 8 aromatic carbocycles. The fourth-order valence-electron chi connectivity index (χ4n) is 13.2. The molecule has 0 aliphatic carbocycles. The van der Waals surface area contributed by atoms with E-state index in [1.165, 1.54) is 17.2 Å². The highest BCUT2D eigenvalue weighted by Gasteiger charge is 2.40. The quantitative estimate of drug-likeness (QED) is 0.0258. The number of benzene rings is 8. The van der Waals surface area contributed by atoms with E-state index in [9.17, 15) is 54.1 Å². The van der Waals surface area contributed by atoms with Crippen LogP contribution in [0.2, 0.25) is 0 Å². The first kappa shape index (κ1) is 101. The number of aliphatic hydroxyl groups is 4. The van der Waals surface area contributed by atoms with Crippen molar-refractivity contribution in [3.05, 3.63) is 289 Å². The lowest BCUT2D eigenvalue weighted by molar-refractivity contribution is 0.165.